The van der Waals surface area contributed by atoms with Gasteiger partial charge in [-0.1, -0.05) is 15.9 Å². The van der Waals surface area contributed by atoms with Gasteiger partial charge in [-0.15, -0.1) is 11.8 Å². The van der Waals surface area contributed by atoms with Crippen LogP contribution in [0.25, 0.3) is 0 Å². The molecular formula is C14H19BrN2OS. The van der Waals surface area contributed by atoms with E-state index in [0.717, 1.165) is 23.9 Å². The summed E-state index contributed by atoms with van der Waals surface area (Å²) in [6.45, 7) is 3.50. The van der Waals surface area contributed by atoms with Crippen molar-refractivity contribution in [3.63, 3.8) is 0 Å². The summed E-state index contributed by atoms with van der Waals surface area (Å²) in [6, 6.07) is 6.39. The Labute approximate surface area is 127 Å². The lowest BCUT2D eigenvalue weighted by molar-refractivity contribution is -0.128. The standard InChI is InChI=1S/C14H19BrN2OS/c1-10-7-11(15)4-5-13(10)19-9-14(18)17-6-2-3-12(17)8-16/h4-5,7,12H,2-3,6,8-9,16H2,1H3. The summed E-state index contributed by atoms with van der Waals surface area (Å²) in [5.41, 5.74) is 6.90. The van der Waals surface area contributed by atoms with Crippen LogP contribution in [0.3, 0.4) is 0 Å². The lowest BCUT2D eigenvalue weighted by Gasteiger charge is -2.23. The number of carbonyl (C=O) groups is 1. The number of benzene rings is 1. The molecule has 0 spiro atoms. The third-order valence-electron chi connectivity index (χ3n) is 3.46. The molecule has 2 N–H and O–H groups in total. The van der Waals surface area contributed by atoms with Gasteiger partial charge in [-0.05, 0) is 43.5 Å². The van der Waals surface area contributed by atoms with Gasteiger partial charge in [-0.2, -0.15) is 0 Å². The van der Waals surface area contributed by atoms with Crippen molar-refractivity contribution in [1.29, 1.82) is 0 Å². The van der Waals surface area contributed by atoms with Crippen molar-refractivity contribution in [3.8, 4) is 0 Å². The van der Waals surface area contributed by atoms with E-state index in [1.54, 1.807) is 11.8 Å². The first kappa shape index (κ1) is 14.9. The van der Waals surface area contributed by atoms with Gasteiger partial charge in [0.15, 0.2) is 0 Å². The van der Waals surface area contributed by atoms with Gasteiger partial charge in [0.25, 0.3) is 0 Å². The third-order valence-corrected chi connectivity index (χ3v) is 5.11. The van der Waals surface area contributed by atoms with Gasteiger partial charge in [0.2, 0.25) is 5.91 Å². The first-order chi connectivity index (χ1) is 9.11. The number of hydrogen-bond acceptors (Lipinski definition) is 3. The second-order valence-electron chi connectivity index (χ2n) is 4.82. The molecule has 1 aliphatic rings. The fourth-order valence-electron chi connectivity index (χ4n) is 2.41. The molecule has 104 valence electrons. The fourth-order valence-corrected chi connectivity index (χ4v) is 3.78. The number of thioether (sulfide) groups is 1. The maximum atomic E-state index is 12.2. The molecule has 0 radical (unpaired) electrons. The van der Waals surface area contributed by atoms with E-state index in [1.807, 2.05) is 11.0 Å². The number of halogens is 1. The number of nitrogens with zero attached hydrogens (tertiary/aromatic N) is 1. The maximum Gasteiger partial charge on any atom is 0.233 e. The first-order valence-electron chi connectivity index (χ1n) is 6.50. The zero-order valence-electron chi connectivity index (χ0n) is 11.1. The molecule has 1 aliphatic heterocycles. The van der Waals surface area contributed by atoms with Crippen LogP contribution in [-0.4, -0.2) is 35.7 Å². The molecule has 1 fully saturated rings. The smallest absolute Gasteiger partial charge is 0.233 e. The molecule has 19 heavy (non-hydrogen) atoms. The van der Waals surface area contributed by atoms with Crippen LogP contribution < -0.4 is 5.73 Å². The van der Waals surface area contributed by atoms with Crippen LogP contribution in [0.1, 0.15) is 18.4 Å². The summed E-state index contributed by atoms with van der Waals surface area (Å²) in [7, 11) is 0. The van der Waals surface area contributed by atoms with Crippen molar-refractivity contribution in [2.45, 2.75) is 30.7 Å². The summed E-state index contributed by atoms with van der Waals surface area (Å²) >= 11 is 5.06. The number of nitrogens with two attached hydrogens (primary N) is 1. The molecule has 1 aromatic rings. The van der Waals surface area contributed by atoms with Crippen LogP contribution in [0, 0.1) is 6.92 Å². The highest BCUT2D eigenvalue weighted by molar-refractivity contribution is 9.10. The Morgan fingerprint density at radius 3 is 3.05 bits per heavy atom. The summed E-state index contributed by atoms with van der Waals surface area (Å²) in [4.78, 5) is 15.3. The zero-order chi connectivity index (χ0) is 13.8. The van der Waals surface area contributed by atoms with E-state index in [0.29, 0.717) is 12.3 Å². The minimum atomic E-state index is 0.209. The van der Waals surface area contributed by atoms with Crippen LogP contribution in [0.15, 0.2) is 27.6 Å². The Balaban J connectivity index is 1.93. The second kappa shape index (κ2) is 6.77. The fraction of sp³-hybridized carbons (Fsp3) is 0.500. The molecule has 0 aromatic heterocycles. The van der Waals surface area contributed by atoms with Crippen LogP contribution in [0.4, 0.5) is 0 Å². The number of aryl methyl sites for hydroxylation is 1. The summed E-state index contributed by atoms with van der Waals surface area (Å²) in [5, 5.41) is 0. The SMILES string of the molecule is Cc1cc(Br)ccc1SCC(=O)N1CCCC1CN. The largest absolute Gasteiger partial charge is 0.338 e. The average Bonchev–Trinajstić information content (AvgIpc) is 2.85. The van der Waals surface area contributed by atoms with E-state index in [4.69, 9.17) is 5.73 Å². The summed E-state index contributed by atoms with van der Waals surface area (Å²) in [6.07, 6.45) is 2.12. The van der Waals surface area contributed by atoms with E-state index >= 15 is 0 Å². The van der Waals surface area contributed by atoms with Crippen molar-refractivity contribution >= 4 is 33.6 Å². The Morgan fingerprint density at radius 2 is 2.37 bits per heavy atom. The Morgan fingerprint density at radius 1 is 1.58 bits per heavy atom. The van der Waals surface area contributed by atoms with Crippen molar-refractivity contribution in [2.75, 3.05) is 18.8 Å². The number of hydrogen-bond donors (Lipinski definition) is 1. The maximum absolute atomic E-state index is 12.2. The predicted octanol–water partition coefficient (Wildman–Crippen LogP) is 2.80. The molecule has 3 nitrogen and oxygen atoms in total. The quantitative estimate of drug-likeness (QED) is 0.855. The number of likely N-dealkylation sites (tertiary alicyclic amines) is 1. The summed E-state index contributed by atoms with van der Waals surface area (Å²) < 4.78 is 1.07. The van der Waals surface area contributed by atoms with Gasteiger partial charge < -0.3 is 10.6 Å². The Hall–Kier alpha value is -0.520. The normalized spacial score (nSPS) is 18.9. The van der Waals surface area contributed by atoms with E-state index in [-0.39, 0.29) is 11.9 Å². The van der Waals surface area contributed by atoms with Crippen molar-refractivity contribution in [1.82, 2.24) is 4.90 Å². The number of carbonyl (C=O) groups excluding carboxylic acids is 1. The van der Waals surface area contributed by atoms with E-state index in [9.17, 15) is 4.79 Å². The monoisotopic (exact) mass is 342 g/mol. The Bertz CT molecular complexity index is 467. The lowest BCUT2D eigenvalue weighted by atomic mass is 10.2. The first-order valence-corrected chi connectivity index (χ1v) is 8.28. The topological polar surface area (TPSA) is 46.3 Å². The van der Waals surface area contributed by atoms with Gasteiger partial charge in [0.05, 0.1) is 5.75 Å². The molecule has 0 bridgehead atoms. The van der Waals surface area contributed by atoms with Crippen molar-refractivity contribution < 1.29 is 4.79 Å². The molecule has 1 unspecified atom stereocenters. The van der Waals surface area contributed by atoms with Crippen LogP contribution in [0.5, 0.6) is 0 Å². The second-order valence-corrected chi connectivity index (χ2v) is 6.75. The molecule has 2 rings (SSSR count). The molecule has 0 aliphatic carbocycles. The van der Waals surface area contributed by atoms with E-state index in [2.05, 4.69) is 35.0 Å². The van der Waals surface area contributed by atoms with Crippen molar-refractivity contribution in [3.05, 3.63) is 28.2 Å². The molecule has 1 saturated heterocycles. The van der Waals surface area contributed by atoms with Crippen LogP contribution >= 0.6 is 27.7 Å². The van der Waals surface area contributed by atoms with Crippen LogP contribution in [0.2, 0.25) is 0 Å². The summed E-state index contributed by atoms with van der Waals surface area (Å²) in [5.74, 6) is 0.708. The minimum absolute atomic E-state index is 0.209. The van der Waals surface area contributed by atoms with E-state index < -0.39 is 0 Å². The van der Waals surface area contributed by atoms with E-state index in [1.165, 1.54) is 10.5 Å². The molecule has 5 heteroatoms. The predicted molar refractivity (Wildman–Crippen MR) is 83.4 cm³/mol. The number of rotatable bonds is 4. The average molecular weight is 343 g/mol. The van der Waals surface area contributed by atoms with Gasteiger partial charge in [0.1, 0.15) is 0 Å². The van der Waals surface area contributed by atoms with Gasteiger partial charge in [-0.3, -0.25) is 4.79 Å². The molecule has 0 saturated carbocycles. The van der Waals surface area contributed by atoms with Crippen LogP contribution in [-0.2, 0) is 4.79 Å². The molecular weight excluding hydrogens is 324 g/mol. The number of amides is 1. The highest BCUT2D eigenvalue weighted by Gasteiger charge is 2.27. The third kappa shape index (κ3) is 3.74. The molecule has 1 amide bonds. The van der Waals surface area contributed by atoms with Gasteiger partial charge >= 0.3 is 0 Å². The lowest BCUT2D eigenvalue weighted by Crippen LogP contribution is -2.40. The van der Waals surface area contributed by atoms with Gasteiger partial charge in [-0.25, -0.2) is 0 Å². The highest BCUT2D eigenvalue weighted by Crippen LogP contribution is 2.26. The zero-order valence-corrected chi connectivity index (χ0v) is 13.5. The molecule has 1 atom stereocenters. The van der Waals surface area contributed by atoms with Gasteiger partial charge in [0, 0.05) is 28.5 Å². The molecule has 1 aromatic carbocycles. The molecule has 1 heterocycles. The van der Waals surface area contributed by atoms with Crippen molar-refractivity contribution in [2.24, 2.45) is 5.73 Å². The highest BCUT2D eigenvalue weighted by atomic mass is 79.9. The minimum Gasteiger partial charge on any atom is -0.338 e. The Kier molecular flexibility index (Phi) is 5.30.